The van der Waals surface area contributed by atoms with E-state index in [1.54, 1.807) is 42.5 Å². The average Bonchev–Trinajstić information content (AvgIpc) is 3.42. The van der Waals surface area contributed by atoms with E-state index in [0.717, 1.165) is 26.5 Å². The number of thiazole rings is 1. The highest BCUT2D eigenvalue weighted by molar-refractivity contribution is 7.18. The summed E-state index contributed by atoms with van der Waals surface area (Å²) in [5, 5.41) is 5.45. The summed E-state index contributed by atoms with van der Waals surface area (Å²) in [5.41, 5.74) is 3.09. The smallest absolute Gasteiger partial charge is 0.218 e. The molecule has 0 saturated heterocycles. The minimum Gasteiger partial charge on any atom is -0.481 e. The summed E-state index contributed by atoms with van der Waals surface area (Å²) < 4.78 is 12.5. The van der Waals surface area contributed by atoms with Crippen molar-refractivity contribution in [1.82, 2.24) is 24.7 Å². The van der Waals surface area contributed by atoms with Crippen molar-refractivity contribution in [3.63, 3.8) is 0 Å². The summed E-state index contributed by atoms with van der Waals surface area (Å²) in [4.78, 5) is 27.5. The van der Waals surface area contributed by atoms with Gasteiger partial charge in [0.2, 0.25) is 5.88 Å². The monoisotopic (exact) mass is 471 g/mol. The first-order valence-electron chi connectivity index (χ1n) is 9.94. The highest BCUT2D eigenvalue weighted by Crippen LogP contribution is 2.32. The second-order valence-electron chi connectivity index (χ2n) is 7.27. The molecular weight excluding hydrogens is 450 g/mol. The number of fused-ring (bicyclic) bond motifs is 1. The van der Waals surface area contributed by atoms with Crippen LogP contribution in [0.2, 0.25) is 5.02 Å². The van der Waals surface area contributed by atoms with Gasteiger partial charge in [0.1, 0.15) is 16.1 Å². The molecule has 0 aliphatic heterocycles. The fraction of sp³-hybridized carbons (Fsp3) is 0.318. The molecule has 0 bridgehead atoms. The summed E-state index contributed by atoms with van der Waals surface area (Å²) >= 11 is 7.94. The Hall–Kier alpha value is -2.88. The molecule has 8 nitrogen and oxygen atoms in total. The Morgan fingerprint density at radius 2 is 2.03 bits per heavy atom. The third kappa shape index (κ3) is 4.36. The Morgan fingerprint density at radius 1 is 1.25 bits per heavy atom. The van der Waals surface area contributed by atoms with Crippen LogP contribution in [0, 0.1) is 6.92 Å². The Morgan fingerprint density at radius 3 is 2.72 bits per heavy atom. The third-order valence-corrected chi connectivity index (χ3v) is 6.26. The molecule has 4 aromatic rings. The maximum absolute atomic E-state index is 13.0. The summed E-state index contributed by atoms with van der Waals surface area (Å²) in [6.45, 7) is 3.88. The number of halogens is 1. The van der Waals surface area contributed by atoms with E-state index in [2.05, 4.69) is 20.1 Å². The van der Waals surface area contributed by atoms with Crippen LogP contribution >= 0.6 is 22.9 Å². The molecule has 0 aromatic carbocycles. The van der Waals surface area contributed by atoms with E-state index in [4.69, 9.17) is 21.1 Å². The molecule has 0 N–H and O–H groups in total. The maximum atomic E-state index is 13.0. The van der Waals surface area contributed by atoms with Gasteiger partial charge in [0.15, 0.2) is 5.82 Å². The van der Waals surface area contributed by atoms with Gasteiger partial charge in [-0.2, -0.15) is 10.1 Å². The van der Waals surface area contributed by atoms with Crippen LogP contribution < -0.4 is 4.74 Å². The fourth-order valence-corrected chi connectivity index (χ4v) is 4.63. The molecule has 0 radical (unpaired) electrons. The van der Waals surface area contributed by atoms with Gasteiger partial charge in [-0.1, -0.05) is 22.9 Å². The first-order chi connectivity index (χ1) is 15.4. The van der Waals surface area contributed by atoms with Gasteiger partial charge in [-0.3, -0.25) is 4.79 Å². The number of Topliss-reactive ketones (excluding diaryl/α,β-unsaturated/α-hetero) is 1. The minimum atomic E-state index is -0.219. The highest BCUT2D eigenvalue weighted by Gasteiger charge is 2.21. The third-order valence-electron chi connectivity index (χ3n) is 5.10. The molecule has 4 heterocycles. The average molecular weight is 472 g/mol. The van der Waals surface area contributed by atoms with E-state index in [1.165, 1.54) is 18.4 Å². The maximum Gasteiger partial charge on any atom is 0.218 e. The highest BCUT2D eigenvalue weighted by atomic mass is 35.5. The Kier molecular flexibility index (Phi) is 6.50. The summed E-state index contributed by atoms with van der Waals surface area (Å²) in [7, 11) is 3.15. The second kappa shape index (κ2) is 9.32. The molecule has 4 rings (SSSR count). The van der Waals surface area contributed by atoms with Crippen LogP contribution in [0.4, 0.5) is 0 Å². The first-order valence-corrected chi connectivity index (χ1v) is 11.1. The Labute approximate surface area is 194 Å². The minimum absolute atomic E-state index is 0.0225. The molecule has 0 fully saturated rings. The number of rotatable bonds is 8. The van der Waals surface area contributed by atoms with Crippen molar-refractivity contribution < 1.29 is 14.3 Å². The molecule has 0 aliphatic carbocycles. The number of aryl methyl sites for hydroxylation is 1. The van der Waals surface area contributed by atoms with Crippen molar-refractivity contribution in [3.8, 4) is 11.7 Å². The van der Waals surface area contributed by atoms with Gasteiger partial charge in [-0.25, -0.2) is 14.6 Å². The number of pyridine rings is 2. The Balaban J connectivity index is 1.63. The largest absolute Gasteiger partial charge is 0.481 e. The quantitative estimate of drug-likeness (QED) is 0.378. The van der Waals surface area contributed by atoms with E-state index in [9.17, 15) is 4.79 Å². The predicted octanol–water partition coefficient (Wildman–Crippen LogP) is 4.30. The summed E-state index contributed by atoms with van der Waals surface area (Å²) in [6, 6.07) is 3.47. The molecule has 10 heteroatoms. The lowest BCUT2D eigenvalue weighted by Gasteiger charge is -2.16. The predicted molar refractivity (Wildman–Crippen MR) is 123 cm³/mol. The molecular formula is C22H22ClN5O3S. The van der Waals surface area contributed by atoms with Crippen LogP contribution in [0.25, 0.3) is 16.2 Å². The fourth-order valence-electron chi connectivity index (χ4n) is 3.60. The van der Waals surface area contributed by atoms with Gasteiger partial charge in [0.25, 0.3) is 0 Å². The van der Waals surface area contributed by atoms with Crippen LogP contribution in [0.1, 0.15) is 34.7 Å². The molecule has 1 atom stereocenters. The van der Waals surface area contributed by atoms with E-state index in [0.29, 0.717) is 22.3 Å². The van der Waals surface area contributed by atoms with Crippen LogP contribution in [-0.4, -0.2) is 44.7 Å². The number of ketones is 1. The Bertz CT molecular complexity index is 1270. The topological polar surface area (TPSA) is 92.0 Å². The van der Waals surface area contributed by atoms with Crippen LogP contribution in [-0.2, 0) is 22.4 Å². The number of hydrogen-bond acceptors (Lipinski definition) is 8. The summed E-state index contributed by atoms with van der Waals surface area (Å²) in [6.07, 6.45) is 5.19. The molecule has 4 aromatic heterocycles. The van der Waals surface area contributed by atoms with Crippen molar-refractivity contribution in [2.45, 2.75) is 32.8 Å². The molecule has 0 amide bonds. The molecule has 32 heavy (non-hydrogen) atoms. The molecule has 0 unspecified atom stereocenters. The van der Waals surface area contributed by atoms with Crippen molar-refractivity contribution >= 4 is 39.1 Å². The lowest BCUT2D eigenvalue weighted by Crippen LogP contribution is -2.13. The zero-order valence-corrected chi connectivity index (χ0v) is 19.7. The lowest BCUT2D eigenvalue weighted by molar-refractivity contribution is -0.117. The van der Waals surface area contributed by atoms with E-state index >= 15 is 0 Å². The molecule has 0 saturated carbocycles. The first kappa shape index (κ1) is 22.3. The number of carbonyl (C=O) groups is 1. The van der Waals surface area contributed by atoms with Gasteiger partial charge < -0.3 is 9.47 Å². The van der Waals surface area contributed by atoms with Crippen molar-refractivity contribution in [3.05, 3.63) is 57.4 Å². The molecule has 0 aliphatic rings. The molecule has 0 spiro atoms. The zero-order chi connectivity index (χ0) is 22.8. The van der Waals surface area contributed by atoms with Gasteiger partial charge in [-0.15, -0.1) is 0 Å². The molecule has 166 valence electrons. The SMILES string of the molecule is COc1nc(-n2cccn2)c(Cl)cc1CC(=O)Cc1cnc2sc(C)nc2c1[C@H](C)OC. The van der Waals surface area contributed by atoms with Gasteiger partial charge in [0.05, 0.1) is 23.2 Å². The normalized spacial score (nSPS) is 12.3. The van der Waals surface area contributed by atoms with E-state index < -0.39 is 0 Å². The number of aromatic nitrogens is 5. The number of carbonyl (C=O) groups excluding carboxylic acids is 1. The van der Waals surface area contributed by atoms with Crippen LogP contribution in [0.3, 0.4) is 0 Å². The van der Waals surface area contributed by atoms with Gasteiger partial charge >= 0.3 is 0 Å². The number of hydrogen-bond donors (Lipinski definition) is 0. The summed E-state index contributed by atoms with van der Waals surface area (Å²) in [5.74, 6) is 0.752. The number of methoxy groups -OCH3 is 2. The van der Waals surface area contributed by atoms with E-state index in [1.807, 2.05) is 13.8 Å². The van der Waals surface area contributed by atoms with Gasteiger partial charge in [-0.05, 0) is 31.5 Å². The lowest BCUT2D eigenvalue weighted by atomic mass is 9.97. The van der Waals surface area contributed by atoms with Crippen molar-refractivity contribution in [1.29, 1.82) is 0 Å². The number of ether oxygens (including phenoxy) is 2. The van der Waals surface area contributed by atoms with Crippen molar-refractivity contribution in [2.24, 2.45) is 0 Å². The number of nitrogens with zero attached hydrogens (tertiary/aromatic N) is 5. The van der Waals surface area contributed by atoms with Crippen LogP contribution in [0.15, 0.2) is 30.7 Å². The zero-order valence-electron chi connectivity index (χ0n) is 18.1. The van der Waals surface area contributed by atoms with Crippen molar-refractivity contribution in [2.75, 3.05) is 14.2 Å². The van der Waals surface area contributed by atoms with Gasteiger partial charge in [0, 0.05) is 49.7 Å². The van der Waals surface area contributed by atoms with Crippen LogP contribution in [0.5, 0.6) is 5.88 Å². The second-order valence-corrected chi connectivity index (χ2v) is 8.86. The van der Waals surface area contributed by atoms with E-state index in [-0.39, 0.29) is 24.7 Å². The standard InChI is InChI=1S/C22H22ClN5O3S/c1-12(30-3)18-15(11-24-22-19(18)26-13(2)32-22)9-16(29)8-14-10-17(23)20(27-21(14)31-4)28-7-5-6-25-28/h5-7,10-12H,8-9H2,1-4H3/t12-/m0/s1.